The minimum atomic E-state index is -3.88. The second-order valence-electron chi connectivity index (χ2n) is 6.99. The Balaban J connectivity index is 1.89. The maximum Gasteiger partial charge on any atom is 0.261 e. The van der Waals surface area contributed by atoms with Gasteiger partial charge in [-0.05, 0) is 41.8 Å². The monoisotopic (exact) mass is 458 g/mol. The molecule has 0 aliphatic carbocycles. The first kappa shape index (κ1) is 22.0. The second kappa shape index (κ2) is 8.61. The van der Waals surface area contributed by atoms with Crippen LogP contribution in [0.5, 0.6) is 0 Å². The fourth-order valence-corrected chi connectivity index (χ4v) is 5.89. The molecule has 0 amide bonds. The maximum atomic E-state index is 12.9. The molecule has 0 saturated carbocycles. The summed E-state index contributed by atoms with van der Waals surface area (Å²) in [5.74, 6) is 0.281. The normalized spacial score (nSPS) is 16.1. The zero-order valence-corrected chi connectivity index (χ0v) is 18.5. The highest BCUT2D eigenvalue weighted by atomic mass is 35.5. The van der Waals surface area contributed by atoms with E-state index in [2.05, 4.69) is 4.72 Å². The summed E-state index contributed by atoms with van der Waals surface area (Å²) in [6.07, 6.45) is 0. The lowest BCUT2D eigenvalue weighted by atomic mass is 10.0. The molecule has 3 rings (SSSR count). The van der Waals surface area contributed by atoms with Crippen molar-refractivity contribution in [3.63, 3.8) is 0 Å². The highest BCUT2D eigenvalue weighted by Gasteiger charge is 2.29. The lowest BCUT2D eigenvalue weighted by molar-refractivity contribution is 0.0730. The van der Waals surface area contributed by atoms with Crippen molar-refractivity contribution in [3.05, 3.63) is 53.1 Å². The summed E-state index contributed by atoms with van der Waals surface area (Å²) in [5.41, 5.74) is 1.14. The summed E-state index contributed by atoms with van der Waals surface area (Å²) in [6.45, 7) is 5.08. The Morgan fingerprint density at radius 1 is 1.00 bits per heavy atom. The Morgan fingerprint density at radius 3 is 2.21 bits per heavy atom. The van der Waals surface area contributed by atoms with Gasteiger partial charge in [-0.1, -0.05) is 37.6 Å². The molecule has 1 N–H and O–H groups in total. The number of anilines is 1. The van der Waals surface area contributed by atoms with Crippen molar-refractivity contribution < 1.29 is 21.6 Å². The van der Waals surface area contributed by atoms with Crippen LogP contribution < -0.4 is 4.72 Å². The molecule has 7 nitrogen and oxygen atoms in total. The predicted octanol–water partition coefficient (Wildman–Crippen LogP) is 3.29. The molecule has 1 fully saturated rings. The molecule has 0 spiro atoms. The van der Waals surface area contributed by atoms with Gasteiger partial charge in [0.25, 0.3) is 10.0 Å². The van der Waals surface area contributed by atoms with Crippen LogP contribution in [0, 0.1) is 0 Å². The number of morpholine rings is 1. The molecule has 2 aromatic rings. The highest BCUT2D eigenvalue weighted by Crippen LogP contribution is 2.29. The number of rotatable bonds is 6. The quantitative estimate of drug-likeness (QED) is 0.717. The van der Waals surface area contributed by atoms with Crippen molar-refractivity contribution in [1.29, 1.82) is 0 Å². The molecule has 0 bridgehead atoms. The van der Waals surface area contributed by atoms with E-state index in [4.69, 9.17) is 16.3 Å². The Hall–Kier alpha value is -1.65. The number of nitrogens with zero attached hydrogens (tertiary/aromatic N) is 1. The number of hydrogen-bond donors (Lipinski definition) is 1. The summed E-state index contributed by atoms with van der Waals surface area (Å²) in [7, 11) is -7.74. The van der Waals surface area contributed by atoms with Gasteiger partial charge in [0.2, 0.25) is 10.0 Å². The molecule has 158 valence electrons. The zero-order chi connectivity index (χ0) is 21.2. The first-order chi connectivity index (χ1) is 13.6. The maximum absolute atomic E-state index is 12.9. The average molecular weight is 459 g/mol. The van der Waals surface area contributed by atoms with E-state index in [1.807, 2.05) is 13.8 Å². The fourth-order valence-electron chi connectivity index (χ4n) is 2.94. The van der Waals surface area contributed by atoms with Gasteiger partial charge in [0, 0.05) is 13.1 Å². The molecule has 10 heteroatoms. The predicted molar refractivity (Wildman–Crippen MR) is 112 cm³/mol. The third kappa shape index (κ3) is 4.92. The van der Waals surface area contributed by atoms with Gasteiger partial charge in [-0.15, -0.1) is 0 Å². The van der Waals surface area contributed by atoms with Crippen LogP contribution in [0.1, 0.15) is 25.3 Å². The summed E-state index contributed by atoms with van der Waals surface area (Å²) in [5, 5.41) is 0.0285. The van der Waals surface area contributed by atoms with E-state index in [9.17, 15) is 16.8 Å². The minimum Gasteiger partial charge on any atom is -0.379 e. The standard InChI is InChI=1S/C19H23ClN2O5S2/c1-14(2)15-3-6-17(7-4-15)28(23,24)21-16-5-8-18(20)19(13-16)29(25,26)22-9-11-27-12-10-22/h3-8,13-14,21H,9-12H2,1-2H3. The van der Waals surface area contributed by atoms with E-state index in [0.29, 0.717) is 13.2 Å². The van der Waals surface area contributed by atoms with Crippen molar-refractivity contribution in [1.82, 2.24) is 4.31 Å². The summed E-state index contributed by atoms with van der Waals surface area (Å²) in [6, 6.07) is 10.6. The van der Waals surface area contributed by atoms with Gasteiger partial charge in [0.05, 0.1) is 28.8 Å². The molecular weight excluding hydrogens is 436 g/mol. The van der Waals surface area contributed by atoms with Gasteiger partial charge in [0.1, 0.15) is 4.90 Å². The molecule has 1 aliphatic heterocycles. The van der Waals surface area contributed by atoms with Crippen molar-refractivity contribution >= 4 is 37.3 Å². The second-order valence-corrected chi connectivity index (χ2v) is 11.0. The molecule has 0 unspecified atom stereocenters. The van der Waals surface area contributed by atoms with Crippen molar-refractivity contribution in [2.45, 2.75) is 29.6 Å². The number of sulfonamides is 2. The summed E-state index contributed by atoms with van der Waals surface area (Å²) >= 11 is 6.12. The van der Waals surface area contributed by atoms with E-state index in [-0.39, 0.29) is 39.5 Å². The van der Waals surface area contributed by atoms with Crippen LogP contribution in [-0.4, -0.2) is 47.4 Å². The van der Waals surface area contributed by atoms with Gasteiger partial charge in [0.15, 0.2) is 0 Å². The number of ether oxygens (including phenoxy) is 1. The smallest absolute Gasteiger partial charge is 0.261 e. The van der Waals surface area contributed by atoms with Gasteiger partial charge in [-0.2, -0.15) is 4.31 Å². The molecule has 2 aromatic carbocycles. The molecule has 0 atom stereocenters. The largest absolute Gasteiger partial charge is 0.379 e. The Kier molecular flexibility index (Phi) is 6.54. The molecule has 29 heavy (non-hydrogen) atoms. The Morgan fingerprint density at radius 2 is 1.62 bits per heavy atom. The summed E-state index contributed by atoms with van der Waals surface area (Å²) in [4.78, 5) is -0.0501. The fraction of sp³-hybridized carbons (Fsp3) is 0.368. The van der Waals surface area contributed by atoms with E-state index in [1.54, 1.807) is 12.1 Å². The van der Waals surface area contributed by atoms with Crippen LogP contribution in [0.3, 0.4) is 0 Å². The van der Waals surface area contributed by atoms with Crippen molar-refractivity contribution in [3.8, 4) is 0 Å². The van der Waals surface area contributed by atoms with Crippen LogP contribution in [-0.2, 0) is 24.8 Å². The van der Waals surface area contributed by atoms with Crippen LogP contribution in [0.25, 0.3) is 0 Å². The first-order valence-electron chi connectivity index (χ1n) is 9.11. The van der Waals surface area contributed by atoms with Gasteiger partial charge in [-0.3, -0.25) is 4.72 Å². The minimum absolute atomic E-state index is 0.0285. The lowest BCUT2D eigenvalue weighted by Gasteiger charge is -2.26. The van der Waals surface area contributed by atoms with Crippen LogP contribution in [0.15, 0.2) is 52.3 Å². The molecule has 1 heterocycles. The van der Waals surface area contributed by atoms with Crippen LogP contribution in [0.2, 0.25) is 5.02 Å². The Labute approximate surface area is 176 Å². The van der Waals surface area contributed by atoms with Gasteiger partial charge in [-0.25, -0.2) is 16.8 Å². The van der Waals surface area contributed by atoms with E-state index in [0.717, 1.165) is 5.56 Å². The van der Waals surface area contributed by atoms with Crippen molar-refractivity contribution in [2.75, 3.05) is 31.0 Å². The highest BCUT2D eigenvalue weighted by molar-refractivity contribution is 7.92. The number of halogens is 1. The average Bonchev–Trinajstić information content (AvgIpc) is 2.70. The van der Waals surface area contributed by atoms with E-state index >= 15 is 0 Å². The SMILES string of the molecule is CC(C)c1ccc(S(=O)(=O)Nc2ccc(Cl)c(S(=O)(=O)N3CCOCC3)c2)cc1. The zero-order valence-electron chi connectivity index (χ0n) is 16.1. The lowest BCUT2D eigenvalue weighted by Crippen LogP contribution is -2.40. The Bertz CT molecular complexity index is 1080. The number of benzene rings is 2. The van der Waals surface area contributed by atoms with Crippen LogP contribution in [0.4, 0.5) is 5.69 Å². The number of hydrogen-bond acceptors (Lipinski definition) is 5. The summed E-state index contributed by atoms with van der Waals surface area (Å²) < 4.78 is 60.1. The number of nitrogens with one attached hydrogen (secondary N) is 1. The third-order valence-corrected chi connectivity index (χ3v) is 8.41. The third-order valence-electron chi connectivity index (χ3n) is 4.63. The van der Waals surface area contributed by atoms with Gasteiger partial charge >= 0.3 is 0 Å². The van der Waals surface area contributed by atoms with Gasteiger partial charge < -0.3 is 4.74 Å². The molecule has 0 aromatic heterocycles. The molecule has 1 saturated heterocycles. The van der Waals surface area contributed by atoms with E-state index in [1.165, 1.54) is 34.6 Å². The molecular formula is C19H23ClN2O5S2. The first-order valence-corrected chi connectivity index (χ1v) is 12.4. The van der Waals surface area contributed by atoms with E-state index < -0.39 is 20.0 Å². The van der Waals surface area contributed by atoms with Crippen molar-refractivity contribution in [2.24, 2.45) is 0 Å². The molecule has 1 aliphatic rings. The topological polar surface area (TPSA) is 92.8 Å². The van der Waals surface area contributed by atoms with Crippen LogP contribution >= 0.6 is 11.6 Å². The molecule has 0 radical (unpaired) electrons.